The average molecular weight is 862 g/mol. The number of methoxy groups -OCH3 is 2. The number of rotatable bonds is 17. The molecule has 330 valence electrons. The second-order valence-corrected chi connectivity index (χ2v) is 16.8. The Bertz CT molecular complexity index is 2500. The van der Waals surface area contributed by atoms with Gasteiger partial charge in [-0.15, -0.1) is 0 Å². The average Bonchev–Trinajstić information content (AvgIpc) is 3.62. The molecule has 0 bridgehead atoms. The van der Waals surface area contributed by atoms with Gasteiger partial charge < -0.3 is 39.6 Å². The Morgan fingerprint density at radius 2 is 1.28 bits per heavy atom. The highest BCUT2D eigenvalue weighted by Gasteiger charge is 2.31. The highest BCUT2D eigenvalue weighted by atomic mass is 16.5. The van der Waals surface area contributed by atoms with Crippen molar-refractivity contribution in [3.63, 3.8) is 0 Å². The Balaban J connectivity index is 1.11. The number of carbonyl (C=O) groups excluding carboxylic acids is 3. The van der Waals surface area contributed by atoms with Crippen molar-refractivity contribution in [2.45, 2.75) is 64.3 Å². The zero-order valence-electron chi connectivity index (χ0n) is 37.1. The fourth-order valence-corrected chi connectivity index (χ4v) is 7.79. The lowest BCUT2D eigenvalue weighted by molar-refractivity contribution is -0.124. The maximum absolute atomic E-state index is 14.7. The first-order valence-electron chi connectivity index (χ1n) is 21.3. The SMILES string of the molecule is COc1ccc(OC)c(C(NC(=O)[C@H](Cc2ccc(OC(C)(C)C)cc2)NC(=O)OCC2c3ccccc3-c3ccccc32)c2ccc(OCC(=O)NCc3ccc(C)cc3)cc2)c1. The third-order valence-electron chi connectivity index (χ3n) is 11.0. The van der Waals surface area contributed by atoms with Gasteiger partial charge in [-0.25, -0.2) is 4.79 Å². The number of hydrogen-bond acceptors (Lipinski definition) is 8. The van der Waals surface area contributed by atoms with E-state index >= 15 is 0 Å². The highest BCUT2D eigenvalue weighted by molar-refractivity contribution is 5.87. The van der Waals surface area contributed by atoms with Gasteiger partial charge in [0.05, 0.1) is 20.3 Å². The van der Waals surface area contributed by atoms with Crippen LogP contribution in [0.15, 0.2) is 140 Å². The van der Waals surface area contributed by atoms with Crippen molar-refractivity contribution in [3.8, 4) is 34.1 Å². The van der Waals surface area contributed by atoms with Crippen molar-refractivity contribution in [3.05, 3.63) is 178 Å². The molecule has 3 N–H and O–H groups in total. The van der Waals surface area contributed by atoms with Gasteiger partial charge in [-0.1, -0.05) is 103 Å². The number of hydrogen-bond donors (Lipinski definition) is 3. The Kier molecular flexibility index (Phi) is 14.2. The molecular weight excluding hydrogens is 807 g/mol. The molecule has 0 spiro atoms. The van der Waals surface area contributed by atoms with E-state index in [9.17, 15) is 14.4 Å². The topological polar surface area (TPSA) is 133 Å². The van der Waals surface area contributed by atoms with Gasteiger partial charge in [-0.2, -0.15) is 0 Å². The van der Waals surface area contributed by atoms with E-state index in [0.29, 0.717) is 40.7 Å². The van der Waals surface area contributed by atoms with E-state index in [4.69, 9.17) is 23.7 Å². The number of benzene rings is 6. The Morgan fingerprint density at radius 1 is 0.672 bits per heavy atom. The predicted molar refractivity (Wildman–Crippen MR) is 247 cm³/mol. The van der Waals surface area contributed by atoms with Crippen molar-refractivity contribution in [1.29, 1.82) is 0 Å². The van der Waals surface area contributed by atoms with Crippen LogP contribution in [-0.2, 0) is 27.3 Å². The van der Waals surface area contributed by atoms with Crippen molar-refractivity contribution < 1.29 is 38.1 Å². The van der Waals surface area contributed by atoms with E-state index in [1.807, 2.05) is 113 Å². The molecule has 0 saturated heterocycles. The summed E-state index contributed by atoms with van der Waals surface area (Å²) >= 11 is 0. The molecule has 1 aliphatic rings. The number of amides is 3. The molecular formula is C53H55N3O8. The molecule has 0 saturated carbocycles. The molecule has 0 fully saturated rings. The van der Waals surface area contributed by atoms with Crippen LogP contribution in [0.4, 0.5) is 4.79 Å². The summed E-state index contributed by atoms with van der Waals surface area (Å²) in [5.74, 6) is 1.31. The maximum Gasteiger partial charge on any atom is 0.407 e. The Morgan fingerprint density at radius 3 is 1.91 bits per heavy atom. The van der Waals surface area contributed by atoms with E-state index < -0.39 is 29.7 Å². The third kappa shape index (κ3) is 11.4. The molecule has 3 amide bonds. The molecule has 0 heterocycles. The molecule has 11 nitrogen and oxygen atoms in total. The molecule has 2 atom stereocenters. The molecule has 1 unspecified atom stereocenters. The van der Waals surface area contributed by atoms with Crippen LogP contribution >= 0.6 is 0 Å². The first-order valence-corrected chi connectivity index (χ1v) is 21.3. The number of ether oxygens (including phenoxy) is 5. The second kappa shape index (κ2) is 20.3. The van der Waals surface area contributed by atoms with Crippen LogP contribution in [0.1, 0.15) is 71.7 Å². The number of alkyl carbamates (subject to hydrolysis) is 1. The van der Waals surface area contributed by atoms with Gasteiger partial charge in [0, 0.05) is 24.4 Å². The highest BCUT2D eigenvalue weighted by Crippen LogP contribution is 2.44. The lowest BCUT2D eigenvalue weighted by Gasteiger charge is -2.26. The second-order valence-electron chi connectivity index (χ2n) is 16.8. The lowest BCUT2D eigenvalue weighted by atomic mass is 9.96. The van der Waals surface area contributed by atoms with Gasteiger partial charge in [0.25, 0.3) is 5.91 Å². The fourth-order valence-electron chi connectivity index (χ4n) is 7.79. The van der Waals surface area contributed by atoms with Crippen LogP contribution in [0, 0.1) is 6.92 Å². The third-order valence-corrected chi connectivity index (χ3v) is 11.0. The van der Waals surface area contributed by atoms with E-state index in [1.165, 1.54) is 0 Å². The summed E-state index contributed by atoms with van der Waals surface area (Å²) in [4.78, 5) is 41.2. The zero-order chi connectivity index (χ0) is 45.2. The summed E-state index contributed by atoms with van der Waals surface area (Å²) in [7, 11) is 3.12. The summed E-state index contributed by atoms with van der Waals surface area (Å²) in [6.45, 7) is 8.23. The molecule has 0 radical (unpaired) electrons. The van der Waals surface area contributed by atoms with Crippen LogP contribution < -0.4 is 34.9 Å². The lowest BCUT2D eigenvalue weighted by Crippen LogP contribution is -2.49. The van der Waals surface area contributed by atoms with E-state index in [2.05, 4.69) is 40.2 Å². The number of fused-ring (bicyclic) bond motifs is 3. The molecule has 11 heteroatoms. The monoisotopic (exact) mass is 861 g/mol. The quantitative estimate of drug-likeness (QED) is 0.0827. The zero-order valence-corrected chi connectivity index (χ0v) is 37.1. The van der Waals surface area contributed by atoms with Gasteiger partial charge in [-0.3, -0.25) is 9.59 Å². The molecule has 7 rings (SSSR count). The molecule has 1 aliphatic carbocycles. The number of carbonyl (C=O) groups is 3. The summed E-state index contributed by atoms with van der Waals surface area (Å²) in [5.41, 5.74) is 8.21. The first kappa shape index (κ1) is 44.8. The van der Waals surface area contributed by atoms with E-state index in [1.54, 1.807) is 44.6 Å². The molecule has 6 aromatic rings. The van der Waals surface area contributed by atoms with Gasteiger partial charge >= 0.3 is 6.09 Å². The Labute approximate surface area is 375 Å². The smallest absolute Gasteiger partial charge is 0.407 e. The summed E-state index contributed by atoms with van der Waals surface area (Å²) < 4.78 is 29.2. The first-order chi connectivity index (χ1) is 30.9. The molecule has 0 aliphatic heterocycles. The van der Waals surface area contributed by atoms with Crippen LogP contribution in [0.2, 0.25) is 0 Å². The van der Waals surface area contributed by atoms with Crippen molar-refractivity contribution in [2.24, 2.45) is 0 Å². The minimum atomic E-state index is -1.06. The fraction of sp³-hybridized carbons (Fsp3) is 0.264. The van der Waals surface area contributed by atoms with Crippen LogP contribution in [-0.4, -0.2) is 57.0 Å². The largest absolute Gasteiger partial charge is 0.497 e. The number of nitrogens with one attached hydrogen (secondary N) is 3. The van der Waals surface area contributed by atoms with Crippen LogP contribution in [0.5, 0.6) is 23.0 Å². The minimum Gasteiger partial charge on any atom is -0.497 e. The molecule has 64 heavy (non-hydrogen) atoms. The van der Waals surface area contributed by atoms with Gasteiger partial charge in [0.15, 0.2) is 6.61 Å². The van der Waals surface area contributed by atoms with Crippen molar-refractivity contribution >= 4 is 17.9 Å². The van der Waals surface area contributed by atoms with Crippen LogP contribution in [0.25, 0.3) is 11.1 Å². The maximum atomic E-state index is 14.7. The van der Waals surface area contributed by atoms with E-state index in [-0.39, 0.29) is 31.5 Å². The molecule has 0 aromatic heterocycles. The van der Waals surface area contributed by atoms with Crippen molar-refractivity contribution in [1.82, 2.24) is 16.0 Å². The van der Waals surface area contributed by atoms with Crippen LogP contribution in [0.3, 0.4) is 0 Å². The van der Waals surface area contributed by atoms with Gasteiger partial charge in [-0.05, 0) is 109 Å². The normalized spacial score (nSPS) is 12.8. The summed E-state index contributed by atoms with van der Waals surface area (Å²) in [6.07, 6.45) is -0.582. The van der Waals surface area contributed by atoms with Crippen molar-refractivity contribution in [2.75, 3.05) is 27.4 Å². The standard InChI is InChI=1S/C53H55N3O8/c1-34-15-17-36(18-16-34)31-54-49(57)33-62-38-25-21-37(22-26-38)50(45-30-40(60-5)27-28-48(45)61-6)56-51(58)47(29-35-19-23-39(24-20-35)64-53(2,3)4)55-52(59)63-32-46-43-13-9-7-11-41(43)42-12-8-10-14-44(42)46/h7-28,30,46-47,50H,29,31-33H2,1-6H3,(H,54,57)(H,55,59)(H,56,58)/t47-,50?/m0/s1. The minimum absolute atomic E-state index is 0.0828. The van der Waals surface area contributed by atoms with Gasteiger partial charge in [0.2, 0.25) is 5.91 Å². The van der Waals surface area contributed by atoms with E-state index in [0.717, 1.165) is 38.9 Å². The predicted octanol–water partition coefficient (Wildman–Crippen LogP) is 9.24. The molecule has 6 aromatic carbocycles. The Hall–Kier alpha value is -7.27. The van der Waals surface area contributed by atoms with Gasteiger partial charge in [0.1, 0.15) is 41.2 Å². The summed E-state index contributed by atoms with van der Waals surface area (Å²) in [5, 5.41) is 8.97. The summed E-state index contributed by atoms with van der Waals surface area (Å²) in [6, 6.07) is 42.3. The number of aryl methyl sites for hydroxylation is 1.